The van der Waals surface area contributed by atoms with E-state index in [1.165, 1.54) is 39.3 Å². The smallest absolute Gasteiger partial charge is 0.329 e. The molecule has 0 bridgehead atoms. The molecule has 0 aromatic heterocycles. The summed E-state index contributed by atoms with van der Waals surface area (Å²) in [5.41, 5.74) is 3.30. The zero-order valence-corrected chi connectivity index (χ0v) is 16.8. The second-order valence-corrected chi connectivity index (χ2v) is 6.22. The van der Waals surface area contributed by atoms with Crippen molar-refractivity contribution in [3.05, 3.63) is 42.0 Å². The molecule has 0 spiro atoms. The summed E-state index contributed by atoms with van der Waals surface area (Å²) in [6.07, 6.45) is 3.29. The van der Waals surface area contributed by atoms with Gasteiger partial charge in [-0.1, -0.05) is 6.07 Å². The summed E-state index contributed by atoms with van der Waals surface area (Å²) in [5.74, 6) is -0.376. The number of nitrogens with zero attached hydrogens (tertiary/aromatic N) is 1. The van der Waals surface area contributed by atoms with Crippen LogP contribution in [0.3, 0.4) is 0 Å². The molecule has 2 aromatic carbocycles. The number of methoxy groups -OCH3 is 3. The Labute approximate surface area is 167 Å². The highest BCUT2D eigenvalue weighted by molar-refractivity contribution is 7.98. The lowest BCUT2D eigenvalue weighted by Crippen LogP contribution is -2.32. The fourth-order valence-electron chi connectivity index (χ4n) is 2.28. The molecule has 0 aliphatic heterocycles. The van der Waals surface area contributed by atoms with Gasteiger partial charge < -0.3 is 19.5 Å². The summed E-state index contributed by atoms with van der Waals surface area (Å²) >= 11 is 1.53. The third-order valence-corrected chi connectivity index (χ3v) is 4.33. The van der Waals surface area contributed by atoms with Crippen LogP contribution in [0.25, 0.3) is 0 Å². The van der Waals surface area contributed by atoms with E-state index >= 15 is 0 Å². The van der Waals surface area contributed by atoms with Gasteiger partial charge in [0.15, 0.2) is 11.5 Å². The maximum Gasteiger partial charge on any atom is 0.329 e. The van der Waals surface area contributed by atoms with Crippen LogP contribution in [0.4, 0.5) is 5.69 Å². The van der Waals surface area contributed by atoms with Crippen molar-refractivity contribution in [3.8, 4) is 17.2 Å². The lowest BCUT2D eigenvalue weighted by molar-refractivity contribution is -0.136. The number of carbonyl (C=O) groups excluding carboxylic acids is 2. The van der Waals surface area contributed by atoms with Gasteiger partial charge in [0.25, 0.3) is 0 Å². The van der Waals surface area contributed by atoms with Crippen LogP contribution >= 0.6 is 11.8 Å². The molecule has 9 heteroatoms. The number of carbonyl (C=O) groups is 2. The lowest BCUT2D eigenvalue weighted by atomic mass is 10.2. The van der Waals surface area contributed by atoms with Crippen molar-refractivity contribution in [2.45, 2.75) is 4.90 Å². The van der Waals surface area contributed by atoms with Gasteiger partial charge in [-0.05, 0) is 36.6 Å². The molecule has 28 heavy (non-hydrogen) atoms. The van der Waals surface area contributed by atoms with Gasteiger partial charge in [-0.2, -0.15) is 5.10 Å². The predicted octanol–water partition coefficient (Wildman–Crippen LogP) is 2.52. The molecule has 0 saturated heterocycles. The van der Waals surface area contributed by atoms with Gasteiger partial charge >= 0.3 is 11.8 Å². The highest BCUT2D eigenvalue weighted by Crippen LogP contribution is 2.37. The summed E-state index contributed by atoms with van der Waals surface area (Å²) in [6.45, 7) is 0. The average Bonchev–Trinajstić information content (AvgIpc) is 2.72. The summed E-state index contributed by atoms with van der Waals surface area (Å²) in [4.78, 5) is 24.9. The SMILES string of the molecule is COc1cc(C=NNC(=O)C(=O)Nc2cccc(SC)c2)cc(OC)c1OC. The molecule has 8 nitrogen and oxygen atoms in total. The van der Waals surface area contributed by atoms with E-state index in [-0.39, 0.29) is 0 Å². The molecule has 0 saturated carbocycles. The quantitative estimate of drug-likeness (QED) is 0.319. The number of hydrazone groups is 1. The van der Waals surface area contributed by atoms with Gasteiger partial charge in [0.2, 0.25) is 5.75 Å². The first-order chi connectivity index (χ1) is 13.5. The molecule has 0 fully saturated rings. The Morgan fingerprint density at radius 1 is 1.00 bits per heavy atom. The molecule has 2 amide bonds. The Bertz CT molecular complexity index is 861. The van der Waals surface area contributed by atoms with Crippen molar-refractivity contribution in [1.82, 2.24) is 5.43 Å². The first kappa shape index (κ1) is 21.1. The van der Waals surface area contributed by atoms with Gasteiger partial charge in [-0.15, -0.1) is 11.8 Å². The van der Waals surface area contributed by atoms with Crippen molar-refractivity contribution in [1.29, 1.82) is 0 Å². The normalized spacial score (nSPS) is 10.4. The molecule has 0 aliphatic rings. The van der Waals surface area contributed by atoms with E-state index in [1.807, 2.05) is 12.3 Å². The van der Waals surface area contributed by atoms with E-state index in [2.05, 4.69) is 15.8 Å². The van der Waals surface area contributed by atoms with Crippen LogP contribution in [0.5, 0.6) is 17.2 Å². The van der Waals surface area contributed by atoms with Crippen LogP contribution in [-0.4, -0.2) is 45.6 Å². The van der Waals surface area contributed by atoms with Crippen LogP contribution in [0, 0.1) is 0 Å². The number of thioether (sulfide) groups is 1. The Balaban J connectivity index is 2.03. The number of amides is 2. The molecule has 148 valence electrons. The summed E-state index contributed by atoms with van der Waals surface area (Å²) in [7, 11) is 4.49. The zero-order valence-electron chi connectivity index (χ0n) is 15.9. The average molecular weight is 403 g/mol. The number of nitrogens with one attached hydrogen (secondary N) is 2. The summed E-state index contributed by atoms with van der Waals surface area (Å²) in [5, 5.41) is 6.32. The van der Waals surface area contributed by atoms with Crippen molar-refractivity contribution < 1.29 is 23.8 Å². The monoisotopic (exact) mass is 403 g/mol. The number of hydrogen-bond acceptors (Lipinski definition) is 7. The molecule has 0 unspecified atom stereocenters. The standard InChI is InChI=1S/C19H21N3O5S/c1-25-15-8-12(9-16(26-2)17(15)27-3)11-20-22-19(24)18(23)21-13-6-5-7-14(10-13)28-4/h5-11H,1-4H3,(H,21,23)(H,22,24). The van der Waals surface area contributed by atoms with E-state index < -0.39 is 11.8 Å². The van der Waals surface area contributed by atoms with Gasteiger partial charge in [0.1, 0.15) is 0 Å². The van der Waals surface area contributed by atoms with Gasteiger partial charge in [-0.25, -0.2) is 5.43 Å². The Kier molecular flexibility index (Phi) is 7.70. The number of hydrogen-bond donors (Lipinski definition) is 2. The third kappa shape index (κ3) is 5.40. The molecular formula is C19H21N3O5S. The van der Waals surface area contributed by atoms with Gasteiger partial charge in [0, 0.05) is 16.1 Å². The van der Waals surface area contributed by atoms with E-state index in [4.69, 9.17) is 14.2 Å². The molecule has 0 radical (unpaired) electrons. The molecule has 2 N–H and O–H groups in total. The summed E-state index contributed by atoms with van der Waals surface area (Å²) in [6, 6.07) is 10.5. The highest BCUT2D eigenvalue weighted by Gasteiger charge is 2.14. The molecular weight excluding hydrogens is 382 g/mol. The van der Waals surface area contributed by atoms with Crippen molar-refractivity contribution in [2.24, 2.45) is 5.10 Å². The Hall–Kier alpha value is -3.20. The minimum absolute atomic E-state index is 0.443. The second-order valence-electron chi connectivity index (χ2n) is 5.34. The topological polar surface area (TPSA) is 98.2 Å². The maximum atomic E-state index is 12.0. The number of ether oxygens (including phenoxy) is 3. The minimum atomic E-state index is -0.891. The first-order valence-electron chi connectivity index (χ1n) is 8.10. The van der Waals surface area contributed by atoms with Gasteiger partial charge in [0.05, 0.1) is 27.5 Å². The van der Waals surface area contributed by atoms with E-state index in [9.17, 15) is 9.59 Å². The Morgan fingerprint density at radius 2 is 1.68 bits per heavy atom. The zero-order chi connectivity index (χ0) is 20.5. The van der Waals surface area contributed by atoms with E-state index in [1.54, 1.807) is 30.3 Å². The summed E-state index contributed by atoms with van der Waals surface area (Å²) < 4.78 is 15.7. The van der Waals surface area contributed by atoms with Crippen LogP contribution in [-0.2, 0) is 9.59 Å². The van der Waals surface area contributed by atoms with Crippen molar-refractivity contribution in [2.75, 3.05) is 32.9 Å². The van der Waals surface area contributed by atoms with Crippen LogP contribution < -0.4 is 25.0 Å². The molecule has 0 aliphatic carbocycles. The fourth-order valence-corrected chi connectivity index (χ4v) is 2.74. The molecule has 0 heterocycles. The van der Waals surface area contributed by atoms with E-state index in [0.717, 1.165) is 4.90 Å². The maximum absolute atomic E-state index is 12.0. The minimum Gasteiger partial charge on any atom is -0.493 e. The molecule has 0 atom stereocenters. The van der Waals surface area contributed by atoms with Crippen molar-refractivity contribution in [3.63, 3.8) is 0 Å². The first-order valence-corrected chi connectivity index (χ1v) is 9.33. The predicted molar refractivity (Wildman–Crippen MR) is 109 cm³/mol. The number of anilines is 1. The molecule has 2 rings (SSSR count). The fraction of sp³-hybridized carbons (Fsp3) is 0.211. The van der Waals surface area contributed by atoms with Crippen LogP contribution in [0.2, 0.25) is 0 Å². The molecule has 2 aromatic rings. The second kappa shape index (κ2) is 10.2. The number of rotatable bonds is 7. The van der Waals surface area contributed by atoms with Crippen molar-refractivity contribution >= 4 is 35.5 Å². The van der Waals surface area contributed by atoms with Gasteiger partial charge in [-0.3, -0.25) is 9.59 Å². The van der Waals surface area contributed by atoms with Crippen LogP contribution in [0.15, 0.2) is 46.4 Å². The largest absolute Gasteiger partial charge is 0.493 e. The van der Waals surface area contributed by atoms with E-state index in [0.29, 0.717) is 28.5 Å². The van der Waals surface area contributed by atoms with Crippen LogP contribution in [0.1, 0.15) is 5.56 Å². The lowest BCUT2D eigenvalue weighted by Gasteiger charge is -2.12. The Morgan fingerprint density at radius 3 is 2.25 bits per heavy atom. The third-order valence-electron chi connectivity index (χ3n) is 3.60. The highest BCUT2D eigenvalue weighted by atomic mass is 32.2. The number of benzene rings is 2.